The van der Waals surface area contributed by atoms with Crippen molar-refractivity contribution in [1.29, 1.82) is 0 Å². The predicted octanol–water partition coefficient (Wildman–Crippen LogP) is 3.29. The van der Waals surface area contributed by atoms with Gasteiger partial charge in [0.15, 0.2) is 5.69 Å². The number of pyridine rings is 1. The van der Waals surface area contributed by atoms with E-state index in [0.29, 0.717) is 25.3 Å². The quantitative estimate of drug-likeness (QED) is 0.466. The average molecular weight is 431 g/mol. The topological polar surface area (TPSA) is 67.5 Å². The maximum absolute atomic E-state index is 13.4. The van der Waals surface area contributed by atoms with Gasteiger partial charge in [-0.2, -0.15) is 5.10 Å². The molecule has 0 spiro atoms. The van der Waals surface area contributed by atoms with Crippen LogP contribution in [0.2, 0.25) is 0 Å². The normalized spacial score (nSPS) is 11.2. The van der Waals surface area contributed by atoms with Crippen LogP contribution in [0, 0.1) is 13.8 Å². The van der Waals surface area contributed by atoms with E-state index in [4.69, 9.17) is 4.98 Å². The molecular weight excluding hydrogens is 400 g/mol. The number of imidazole rings is 1. The van der Waals surface area contributed by atoms with Crippen molar-refractivity contribution in [1.82, 2.24) is 29.4 Å². The third-order valence-electron chi connectivity index (χ3n) is 5.84. The lowest BCUT2D eigenvalue weighted by Crippen LogP contribution is -2.30. The second kappa shape index (κ2) is 9.36. The molecule has 4 aromatic rings. The summed E-state index contributed by atoms with van der Waals surface area (Å²) in [5, 5.41) is 7.94. The molecule has 0 radical (unpaired) electrons. The number of likely N-dealkylation sites (N-methyl/N-ethyl adjacent to an activating group) is 1. The zero-order valence-electron chi connectivity index (χ0n) is 19.2. The SMILES string of the molecule is Cc1cccn2c(CNCc3cc(C)n(C)n3)c(C(=O)N(C)CCc3ccccc3)nc12. The van der Waals surface area contributed by atoms with E-state index in [-0.39, 0.29) is 5.91 Å². The van der Waals surface area contributed by atoms with E-state index in [1.165, 1.54) is 5.56 Å². The maximum Gasteiger partial charge on any atom is 0.274 e. The van der Waals surface area contributed by atoms with Crippen molar-refractivity contribution in [3.63, 3.8) is 0 Å². The Morgan fingerprint density at radius 2 is 1.88 bits per heavy atom. The molecule has 0 fully saturated rings. The van der Waals surface area contributed by atoms with Crippen molar-refractivity contribution >= 4 is 11.6 Å². The van der Waals surface area contributed by atoms with E-state index in [1.54, 1.807) is 4.90 Å². The van der Waals surface area contributed by atoms with Gasteiger partial charge in [0.05, 0.1) is 11.4 Å². The fourth-order valence-corrected chi connectivity index (χ4v) is 3.85. The van der Waals surface area contributed by atoms with E-state index >= 15 is 0 Å². The smallest absolute Gasteiger partial charge is 0.274 e. The first kappa shape index (κ1) is 21.8. The van der Waals surface area contributed by atoms with E-state index in [0.717, 1.165) is 34.7 Å². The number of aryl methyl sites for hydroxylation is 3. The lowest BCUT2D eigenvalue weighted by atomic mass is 10.1. The summed E-state index contributed by atoms with van der Waals surface area (Å²) in [6.45, 7) is 5.83. The zero-order valence-corrected chi connectivity index (χ0v) is 19.2. The Kier molecular flexibility index (Phi) is 6.37. The van der Waals surface area contributed by atoms with Gasteiger partial charge in [0.1, 0.15) is 5.65 Å². The molecular formula is C25H30N6O. The highest BCUT2D eigenvalue weighted by molar-refractivity contribution is 5.94. The zero-order chi connectivity index (χ0) is 22.7. The molecule has 0 aliphatic carbocycles. The number of nitrogens with one attached hydrogen (secondary N) is 1. The molecule has 0 bridgehead atoms. The molecule has 0 aliphatic heterocycles. The van der Waals surface area contributed by atoms with Gasteiger partial charge < -0.3 is 14.6 Å². The maximum atomic E-state index is 13.4. The molecule has 7 heteroatoms. The van der Waals surface area contributed by atoms with Crippen molar-refractivity contribution in [2.45, 2.75) is 33.4 Å². The second-order valence-electron chi connectivity index (χ2n) is 8.26. The van der Waals surface area contributed by atoms with Crippen LogP contribution in [0.3, 0.4) is 0 Å². The average Bonchev–Trinajstić information content (AvgIpc) is 3.32. The molecule has 1 aromatic carbocycles. The number of nitrogens with zero attached hydrogens (tertiary/aromatic N) is 5. The molecule has 0 unspecified atom stereocenters. The van der Waals surface area contributed by atoms with E-state index in [2.05, 4.69) is 28.6 Å². The number of amides is 1. The van der Waals surface area contributed by atoms with Gasteiger partial charge in [0.25, 0.3) is 5.91 Å². The lowest BCUT2D eigenvalue weighted by molar-refractivity contribution is 0.0790. The van der Waals surface area contributed by atoms with Crippen LogP contribution < -0.4 is 5.32 Å². The van der Waals surface area contributed by atoms with E-state index in [9.17, 15) is 4.79 Å². The second-order valence-corrected chi connectivity index (χ2v) is 8.26. The monoisotopic (exact) mass is 430 g/mol. The first-order chi connectivity index (χ1) is 15.4. The van der Waals surface area contributed by atoms with Crippen molar-refractivity contribution < 1.29 is 4.79 Å². The van der Waals surface area contributed by atoms with Crippen LogP contribution in [0.1, 0.15) is 38.7 Å². The molecule has 166 valence electrons. The van der Waals surface area contributed by atoms with Crippen LogP contribution in [0.5, 0.6) is 0 Å². The molecule has 32 heavy (non-hydrogen) atoms. The molecule has 3 aromatic heterocycles. The summed E-state index contributed by atoms with van der Waals surface area (Å²) >= 11 is 0. The Morgan fingerprint density at radius 3 is 2.59 bits per heavy atom. The minimum atomic E-state index is -0.0606. The third kappa shape index (κ3) is 4.57. The molecule has 0 saturated heterocycles. The molecule has 4 rings (SSSR count). The van der Waals surface area contributed by atoms with Gasteiger partial charge in [-0.1, -0.05) is 36.4 Å². The number of carbonyl (C=O) groups excluding carboxylic acids is 1. The standard InChI is InChI=1S/C25H30N6O/c1-18-9-8-13-31-22(17-26-16-21-15-19(2)30(4)28-21)23(27-24(18)31)25(32)29(3)14-12-20-10-6-5-7-11-20/h5-11,13,15,26H,12,14,16-17H2,1-4H3. The van der Waals surface area contributed by atoms with Gasteiger partial charge in [0, 0.05) is 45.6 Å². The van der Waals surface area contributed by atoms with Crippen LogP contribution in [-0.2, 0) is 26.6 Å². The summed E-state index contributed by atoms with van der Waals surface area (Å²) in [5.41, 5.74) is 6.53. The summed E-state index contributed by atoms with van der Waals surface area (Å²) in [6.07, 6.45) is 2.78. The van der Waals surface area contributed by atoms with Crippen molar-refractivity contribution in [3.8, 4) is 0 Å². The number of fused-ring (bicyclic) bond motifs is 1. The number of hydrogen-bond donors (Lipinski definition) is 1. The summed E-state index contributed by atoms with van der Waals surface area (Å²) in [7, 11) is 3.78. The fourth-order valence-electron chi connectivity index (χ4n) is 3.85. The first-order valence-corrected chi connectivity index (χ1v) is 10.9. The molecule has 1 amide bonds. The number of carbonyl (C=O) groups is 1. The molecule has 3 heterocycles. The molecule has 0 aliphatic rings. The van der Waals surface area contributed by atoms with Gasteiger partial charge in [-0.3, -0.25) is 9.48 Å². The predicted molar refractivity (Wildman–Crippen MR) is 126 cm³/mol. The Bertz CT molecular complexity index is 1200. The summed E-state index contributed by atoms with van der Waals surface area (Å²) in [6, 6.07) is 16.3. The summed E-state index contributed by atoms with van der Waals surface area (Å²) < 4.78 is 3.88. The van der Waals surface area contributed by atoms with Gasteiger partial charge >= 0.3 is 0 Å². The minimum Gasteiger partial charge on any atom is -0.340 e. The van der Waals surface area contributed by atoms with Crippen LogP contribution in [-0.4, -0.2) is 43.6 Å². The van der Waals surface area contributed by atoms with Gasteiger partial charge in [-0.15, -0.1) is 0 Å². The lowest BCUT2D eigenvalue weighted by Gasteiger charge is -2.17. The van der Waals surface area contributed by atoms with Crippen LogP contribution in [0.25, 0.3) is 5.65 Å². The molecule has 0 saturated carbocycles. The number of hydrogen-bond acceptors (Lipinski definition) is 4. The van der Waals surface area contributed by atoms with E-state index in [1.807, 2.05) is 73.6 Å². The summed E-state index contributed by atoms with van der Waals surface area (Å²) in [5.74, 6) is -0.0606. The number of rotatable bonds is 8. The highest BCUT2D eigenvalue weighted by Gasteiger charge is 2.22. The third-order valence-corrected chi connectivity index (χ3v) is 5.84. The molecule has 0 atom stereocenters. The highest BCUT2D eigenvalue weighted by atomic mass is 16.2. The van der Waals surface area contributed by atoms with Gasteiger partial charge in [0.2, 0.25) is 0 Å². The molecule has 7 nitrogen and oxygen atoms in total. The Balaban J connectivity index is 1.54. The van der Waals surface area contributed by atoms with Gasteiger partial charge in [-0.05, 0) is 43.5 Å². The van der Waals surface area contributed by atoms with Crippen LogP contribution >= 0.6 is 0 Å². The van der Waals surface area contributed by atoms with Crippen molar-refractivity contribution in [3.05, 3.63) is 88.6 Å². The highest BCUT2D eigenvalue weighted by Crippen LogP contribution is 2.18. The molecule has 1 N–H and O–H groups in total. The Hall–Kier alpha value is -3.45. The summed E-state index contributed by atoms with van der Waals surface area (Å²) in [4.78, 5) is 19.9. The minimum absolute atomic E-state index is 0.0606. The van der Waals surface area contributed by atoms with Crippen molar-refractivity contribution in [2.75, 3.05) is 13.6 Å². The van der Waals surface area contributed by atoms with Gasteiger partial charge in [-0.25, -0.2) is 4.98 Å². The Morgan fingerprint density at radius 1 is 1.09 bits per heavy atom. The largest absolute Gasteiger partial charge is 0.340 e. The first-order valence-electron chi connectivity index (χ1n) is 10.9. The Labute approximate surface area is 188 Å². The number of benzene rings is 1. The fraction of sp³-hybridized carbons (Fsp3) is 0.320. The van der Waals surface area contributed by atoms with Crippen molar-refractivity contribution in [2.24, 2.45) is 7.05 Å². The van der Waals surface area contributed by atoms with Crippen LogP contribution in [0.4, 0.5) is 0 Å². The van der Waals surface area contributed by atoms with Crippen LogP contribution in [0.15, 0.2) is 54.7 Å². The number of aromatic nitrogens is 4. The van der Waals surface area contributed by atoms with E-state index < -0.39 is 0 Å².